The van der Waals surface area contributed by atoms with Crippen LogP contribution in [0.5, 0.6) is 0 Å². The largest absolute Gasteiger partial charge is 0.314 e. The molecule has 1 aliphatic rings. The fourth-order valence-electron chi connectivity index (χ4n) is 2.48. The number of hydrogen-bond acceptors (Lipinski definition) is 1. The fourth-order valence-corrected chi connectivity index (χ4v) is 2.48. The zero-order chi connectivity index (χ0) is 11.6. The molecule has 0 heterocycles. The van der Waals surface area contributed by atoms with Crippen molar-refractivity contribution in [3.63, 3.8) is 0 Å². The maximum atomic E-state index is 3.55. The molecule has 1 aromatic rings. The standard InChI is InChI=1S/C15H23N/c1-12(2)16-11-14-10-15(14,3)9-13-7-5-4-6-8-13/h4-8,12,14,16H,9-11H2,1-3H3. The van der Waals surface area contributed by atoms with Gasteiger partial charge in [-0.3, -0.25) is 0 Å². The van der Waals surface area contributed by atoms with Gasteiger partial charge in [0.2, 0.25) is 0 Å². The van der Waals surface area contributed by atoms with Crippen LogP contribution in [0, 0.1) is 11.3 Å². The van der Waals surface area contributed by atoms with Crippen molar-refractivity contribution in [3.05, 3.63) is 35.9 Å². The van der Waals surface area contributed by atoms with Crippen molar-refractivity contribution in [3.8, 4) is 0 Å². The highest BCUT2D eigenvalue weighted by molar-refractivity contribution is 5.19. The average molecular weight is 217 g/mol. The highest BCUT2D eigenvalue weighted by Gasteiger charge is 2.48. The van der Waals surface area contributed by atoms with Gasteiger partial charge >= 0.3 is 0 Å². The zero-order valence-electron chi connectivity index (χ0n) is 10.7. The van der Waals surface area contributed by atoms with E-state index in [9.17, 15) is 0 Å². The Kier molecular flexibility index (Phi) is 3.34. The SMILES string of the molecule is CC(C)NCC1CC1(C)Cc1ccccc1. The van der Waals surface area contributed by atoms with Crippen molar-refractivity contribution < 1.29 is 0 Å². The molecule has 0 aromatic heterocycles. The first-order chi connectivity index (χ1) is 7.60. The molecule has 2 rings (SSSR count). The molecule has 2 unspecified atom stereocenters. The molecule has 1 nitrogen and oxygen atoms in total. The van der Waals surface area contributed by atoms with Gasteiger partial charge in [0.15, 0.2) is 0 Å². The predicted octanol–water partition coefficient (Wildman–Crippen LogP) is 3.25. The summed E-state index contributed by atoms with van der Waals surface area (Å²) in [5, 5.41) is 3.55. The van der Waals surface area contributed by atoms with Gasteiger partial charge in [-0.15, -0.1) is 0 Å². The molecule has 0 amide bonds. The van der Waals surface area contributed by atoms with Gasteiger partial charge in [-0.2, -0.15) is 0 Å². The summed E-state index contributed by atoms with van der Waals surface area (Å²) in [6, 6.07) is 11.5. The first-order valence-corrected chi connectivity index (χ1v) is 6.37. The second-order valence-corrected chi connectivity index (χ2v) is 5.78. The second kappa shape index (κ2) is 4.58. The van der Waals surface area contributed by atoms with Crippen LogP contribution in [-0.4, -0.2) is 12.6 Å². The van der Waals surface area contributed by atoms with E-state index < -0.39 is 0 Å². The van der Waals surface area contributed by atoms with Crippen LogP contribution >= 0.6 is 0 Å². The quantitative estimate of drug-likeness (QED) is 0.798. The molecule has 16 heavy (non-hydrogen) atoms. The molecule has 1 N–H and O–H groups in total. The summed E-state index contributed by atoms with van der Waals surface area (Å²) in [4.78, 5) is 0. The minimum absolute atomic E-state index is 0.545. The molecule has 0 saturated heterocycles. The third-order valence-corrected chi connectivity index (χ3v) is 3.76. The zero-order valence-corrected chi connectivity index (χ0v) is 10.7. The van der Waals surface area contributed by atoms with E-state index in [1.165, 1.54) is 24.9 Å². The fraction of sp³-hybridized carbons (Fsp3) is 0.600. The Labute approximate surface area is 99.3 Å². The highest BCUT2D eigenvalue weighted by atomic mass is 14.9. The van der Waals surface area contributed by atoms with Crippen molar-refractivity contribution in [2.24, 2.45) is 11.3 Å². The molecule has 88 valence electrons. The summed E-state index contributed by atoms with van der Waals surface area (Å²) in [6.07, 6.45) is 2.61. The molecular weight excluding hydrogens is 194 g/mol. The summed E-state index contributed by atoms with van der Waals surface area (Å²) in [6.45, 7) is 8.04. The number of hydrogen-bond donors (Lipinski definition) is 1. The maximum absolute atomic E-state index is 3.55. The van der Waals surface area contributed by atoms with Crippen molar-refractivity contribution in [1.82, 2.24) is 5.32 Å². The van der Waals surface area contributed by atoms with Crippen molar-refractivity contribution in [2.45, 2.75) is 39.7 Å². The third-order valence-electron chi connectivity index (χ3n) is 3.76. The van der Waals surface area contributed by atoms with Crippen LogP contribution in [0.3, 0.4) is 0 Å². The van der Waals surface area contributed by atoms with Crippen LogP contribution in [0.1, 0.15) is 32.8 Å². The van der Waals surface area contributed by atoms with E-state index in [1.807, 2.05) is 0 Å². The number of benzene rings is 1. The Hall–Kier alpha value is -0.820. The van der Waals surface area contributed by atoms with Crippen LogP contribution < -0.4 is 5.32 Å². The van der Waals surface area contributed by atoms with E-state index in [4.69, 9.17) is 0 Å². The molecule has 2 atom stereocenters. The van der Waals surface area contributed by atoms with Gasteiger partial charge in [-0.05, 0) is 36.3 Å². The minimum Gasteiger partial charge on any atom is -0.314 e. The molecule has 0 bridgehead atoms. The van der Waals surface area contributed by atoms with Gasteiger partial charge in [0.25, 0.3) is 0 Å². The summed E-state index contributed by atoms with van der Waals surface area (Å²) in [5.41, 5.74) is 2.03. The number of rotatable bonds is 5. The minimum atomic E-state index is 0.545. The highest BCUT2D eigenvalue weighted by Crippen LogP contribution is 2.53. The van der Waals surface area contributed by atoms with Crippen LogP contribution in [0.15, 0.2) is 30.3 Å². The van der Waals surface area contributed by atoms with E-state index >= 15 is 0 Å². The van der Waals surface area contributed by atoms with Crippen molar-refractivity contribution in [2.75, 3.05) is 6.54 Å². The molecule has 0 aliphatic heterocycles. The smallest absolute Gasteiger partial charge is 0.00104 e. The van der Waals surface area contributed by atoms with Gasteiger partial charge in [-0.1, -0.05) is 51.1 Å². The van der Waals surface area contributed by atoms with E-state index in [-0.39, 0.29) is 0 Å². The third kappa shape index (κ3) is 2.85. The Balaban J connectivity index is 1.83. The molecule has 1 aromatic carbocycles. The Bertz CT molecular complexity index is 331. The van der Waals surface area contributed by atoms with E-state index in [0.717, 1.165) is 5.92 Å². The lowest BCUT2D eigenvalue weighted by Crippen LogP contribution is -2.26. The Morgan fingerprint density at radius 1 is 1.31 bits per heavy atom. The summed E-state index contributed by atoms with van der Waals surface area (Å²) < 4.78 is 0. The second-order valence-electron chi connectivity index (χ2n) is 5.78. The van der Waals surface area contributed by atoms with E-state index in [1.54, 1.807) is 0 Å². The first kappa shape index (κ1) is 11.7. The maximum Gasteiger partial charge on any atom is 0.00104 e. The Morgan fingerprint density at radius 2 is 2.00 bits per heavy atom. The van der Waals surface area contributed by atoms with Crippen LogP contribution in [-0.2, 0) is 6.42 Å². The van der Waals surface area contributed by atoms with E-state index in [0.29, 0.717) is 11.5 Å². The molecule has 1 aliphatic carbocycles. The van der Waals surface area contributed by atoms with Gasteiger partial charge < -0.3 is 5.32 Å². The van der Waals surface area contributed by atoms with Gasteiger partial charge in [0.1, 0.15) is 0 Å². The lowest BCUT2D eigenvalue weighted by atomic mass is 9.96. The predicted molar refractivity (Wildman–Crippen MR) is 69.5 cm³/mol. The lowest BCUT2D eigenvalue weighted by molar-refractivity contribution is 0.459. The van der Waals surface area contributed by atoms with Gasteiger partial charge in [0.05, 0.1) is 0 Å². The molecule has 0 spiro atoms. The lowest BCUT2D eigenvalue weighted by Gasteiger charge is -2.13. The first-order valence-electron chi connectivity index (χ1n) is 6.37. The topological polar surface area (TPSA) is 12.0 Å². The summed E-state index contributed by atoms with van der Waals surface area (Å²) in [5.74, 6) is 0.870. The van der Waals surface area contributed by atoms with Gasteiger partial charge in [-0.25, -0.2) is 0 Å². The van der Waals surface area contributed by atoms with Crippen LogP contribution in [0.2, 0.25) is 0 Å². The van der Waals surface area contributed by atoms with Crippen LogP contribution in [0.25, 0.3) is 0 Å². The van der Waals surface area contributed by atoms with Crippen molar-refractivity contribution >= 4 is 0 Å². The Morgan fingerprint density at radius 3 is 2.62 bits per heavy atom. The summed E-state index contributed by atoms with van der Waals surface area (Å²) >= 11 is 0. The molecule has 0 radical (unpaired) electrons. The van der Waals surface area contributed by atoms with E-state index in [2.05, 4.69) is 56.4 Å². The summed E-state index contributed by atoms with van der Waals surface area (Å²) in [7, 11) is 0. The van der Waals surface area contributed by atoms with Crippen molar-refractivity contribution in [1.29, 1.82) is 0 Å². The molecule has 1 fully saturated rings. The number of nitrogens with one attached hydrogen (secondary N) is 1. The molecule has 1 saturated carbocycles. The van der Waals surface area contributed by atoms with Crippen LogP contribution in [0.4, 0.5) is 0 Å². The van der Waals surface area contributed by atoms with Gasteiger partial charge in [0, 0.05) is 6.04 Å². The average Bonchev–Trinajstić information content (AvgIpc) is 2.87. The molecular formula is C15H23N. The molecule has 1 heteroatoms. The monoisotopic (exact) mass is 217 g/mol. The normalized spacial score (nSPS) is 28.4.